The van der Waals surface area contributed by atoms with Crippen LogP contribution in [0.15, 0.2) is 18.2 Å². The summed E-state index contributed by atoms with van der Waals surface area (Å²) in [5, 5.41) is 11.3. The van der Waals surface area contributed by atoms with E-state index >= 15 is 0 Å². The number of carbonyl (C=O) groups excluding carboxylic acids is 1. The summed E-state index contributed by atoms with van der Waals surface area (Å²) in [5.41, 5.74) is -1.57. The van der Waals surface area contributed by atoms with Gasteiger partial charge in [-0.1, -0.05) is 11.8 Å². The summed E-state index contributed by atoms with van der Waals surface area (Å²) in [4.78, 5) is 21.4. The Morgan fingerprint density at radius 3 is 2.48 bits per heavy atom. The molecule has 4 nitrogen and oxygen atoms in total. The lowest BCUT2D eigenvalue weighted by atomic mass is 10.1. The molecule has 1 aromatic rings. The van der Waals surface area contributed by atoms with Gasteiger partial charge in [-0.05, 0) is 18.2 Å². The fourth-order valence-corrected chi connectivity index (χ4v) is 1.45. The van der Waals surface area contributed by atoms with Gasteiger partial charge >= 0.3 is 12.1 Å². The predicted octanol–water partition coefficient (Wildman–Crippen LogP) is 2.28. The van der Waals surface area contributed by atoms with Crippen LogP contribution in [0, 0.1) is 11.8 Å². The predicted molar refractivity (Wildman–Crippen MR) is 68.6 cm³/mol. The molecular formula is C14H12F3NO3. The summed E-state index contributed by atoms with van der Waals surface area (Å²) in [6.07, 6.45) is -4.39. The number of carboxylic acids is 1. The van der Waals surface area contributed by atoms with Crippen LogP contribution < -0.4 is 5.32 Å². The van der Waals surface area contributed by atoms with Crippen LogP contribution in [0.4, 0.5) is 13.2 Å². The van der Waals surface area contributed by atoms with Gasteiger partial charge in [0, 0.05) is 25.5 Å². The van der Waals surface area contributed by atoms with E-state index in [0.717, 1.165) is 12.1 Å². The van der Waals surface area contributed by atoms with Crippen molar-refractivity contribution >= 4 is 11.9 Å². The molecular weight excluding hydrogens is 287 g/mol. The molecule has 0 aliphatic rings. The Balaban J connectivity index is 2.96. The first kappa shape index (κ1) is 16.6. The van der Waals surface area contributed by atoms with Gasteiger partial charge in [0.15, 0.2) is 0 Å². The molecule has 0 saturated heterocycles. The van der Waals surface area contributed by atoms with Crippen LogP contribution in [0.1, 0.15) is 34.8 Å². The lowest BCUT2D eigenvalue weighted by Gasteiger charge is -2.08. The van der Waals surface area contributed by atoms with E-state index < -0.39 is 23.3 Å². The number of amides is 1. The molecule has 0 aliphatic carbocycles. The van der Waals surface area contributed by atoms with E-state index in [1.54, 1.807) is 0 Å². The molecule has 0 spiro atoms. The minimum absolute atomic E-state index is 0.0370. The highest BCUT2D eigenvalue weighted by molar-refractivity contribution is 5.88. The second-order valence-electron chi connectivity index (χ2n) is 4.14. The minimum Gasteiger partial charge on any atom is -0.478 e. The number of carbonyl (C=O) groups is 2. The van der Waals surface area contributed by atoms with E-state index in [4.69, 9.17) is 5.11 Å². The fourth-order valence-electron chi connectivity index (χ4n) is 1.45. The van der Waals surface area contributed by atoms with Gasteiger partial charge in [-0.15, -0.1) is 0 Å². The van der Waals surface area contributed by atoms with Crippen molar-refractivity contribution in [3.63, 3.8) is 0 Å². The van der Waals surface area contributed by atoms with Crippen molar-refractivity contribution in [2.45, 2.75) is 19.5 Å². The van der Waals surface area contributed by atoms with E-state index in [1.165, 1.54) is 6.92 Å². The summed E-state index contributed by atoms with van der Waals surface area (Å²) in [6.45, 7) is 1.60. The van der Waals surface area contributed by atoms with Crippen molar-refractivity contribution in [1.82, 2.24) is 5.32 Å². The normalized spacial score (nSPS) is 10.5. The zero-order valence-corrected chi connectivity index (χ0v) is 11.0. The van der Waals surface area contributed by atoms with Crippen molar-refractivity contribution in [1.29, 1.82) is 0 Å². The van der Waals surface area contributed by atoms with Crippen LogP contribution in [0.5, 0.6) is 0 Å². The molecule has 1 aromatic carbocycles. The monoisotopic (exact) mass is 299 g/mol. The fraction of sp³-hybridized carbons (Fsp3) is 0.286. The first-order valence-electron chi connectivity index (χ1n) is 5.89. The quantitative estimate of drug-likeness (QED) is 0.664. The summed E-state index contributed by atoms with van der Waals surface area (Å²) in [7, 11) is 0. The third kappa shape index (κ3) is 5.57. The molecule has 0 radical (unpaired) electrons. The number of aromatic carboxylic acids is 1. The molecule has 0 bridgehead atoms. The van der Waals surface area contributed by atoms with E-state index in [1.807, 2.05) is 0 Å². The molecule has 112 valence electrons. The highest BCUT2D eigenvalue weighted by Gasteiger charge is 2.31. The Labute approximate surface area is 119 Å². The second-order valence-corrected chi connectivity index (χ2v) is 4.14. The van der Waals surface area contributed by atoms with Gasteiger partial charge in [0.2, 0.25) is 5.91 Å². The summed E-state index contributed by atoms with van der Waals surface area (Å²) in [6, 6.07) is 2.42. The maximum absolute atomic E-state index is 12.7. The smallest absolute Gasteiger partial charge is 0.416 e. The molecule has 21 heavy (non-hydrogen) atoms. The lowest BCUT2D eigenvalue weighted by Crippen LogP contribution is -2.20. The topological polar surface area (TPSA) is 66.4 Å². The SMILES string of the molecule is CC(=O)NCCC#Cc1cc(C(=O)O)cc(C(F)(F)F)c1. The van der Waals surface area contributed by atoms with Crippen LogP contribution in [-0.2, 0) is 11.0 Å². The standard InChI is InChI=1S/C14H12F3NO3/c1-9(19)18-5-3-2-4-10-6-11(13(20)21)8-12(7-10)14(15,16)17/h6-8H,3,5H2,1H3,(H,18,19)(H,20,21). The first-order valence-corrected chi connectivity index (χ1v) is 5.89. The number of nitrogens with one attached hydrogen (secondary N) is 1. The number of hydrogen-bond donors (Lipinski definition) is 2. The third-order valence-corrected chi connectivity index (χ3v) is 2.36. The number of benzene rings is 1. The molecule has 0 saturated carbocycles. The zero-order valence-electron chi connectivity index (χ0n) is 11.0. The van der Waals surface area contributed by atoms with Crippen LogP contribution in [-0.4, -0.2) is 23.5 Å². The average Bonchev–Trinajstić information content (AvgIpc) is 2.36. The Morgan fingerprint density at radius 2 is 1.95 bits per heavy atom. The van der Waals surface area contributed by atoms with Crippen molar-refractivity contribution in [3.05, 3.63) is 34.9 Å². The molecule has 0 heterocycles. The summed E-state index contributed by atoms with van der Waals surface area (Å²) < 4.78 is 38.0. The Kier molecular flexibility index (Phi) is 5.36. The molecule has 0 unspecified atom stereocenters. The number of rotatable bonds is 3. The van der Waals surface area contributed by atoms with Crippen LogP contribution >= 0.6 is 0 Å². The highest BCUT2D eigenvalue weighted by atomic mass is 19.4. The van der Waals surface area contributed by atoms with Crippen LogP contribution in [0.2, 0.25) is 0 Å². The number of hydrogen-bond acceptors (Lipinski definition) is 2. The van der Waals surface area contributed by atoms with Crippen molar-refractivity contribution in [2.75, 3.05) is 6.54 Å². The average molecular weight is 299 g/mol. The van der Waals surface area contributed by atoms with E-state index in [9.17, 15) is 22.8 Å². The number of alkyl halides is 3. The first-order chi connectivity index (χ1) is 9.70. The Hall–Kier alpha value is -2.49. The molecule has 0 atom stereocenters. The Morgan fingerprint density at radius 1 is 1.29 bits per heavy atom. The summed E-state index contributed by atoms with van der Waals surface area (Å²) in [5.74, 6) is 3.35. The molecule has 2 N–H and O–H groups in total. The molecule has 1 rings (SSSR count). The van der Waals surface area contributed by atoms with Gasteiger partial charge in [0.05, 0.1) is 11.1 Å². The largest absolute Gasteiger partial charge is 0.478 e. The second kappa shape index (κ2) is 6.79. The molecule has 0 aliphatic heterocycles. The van der Waals surface area contributed by atoms with Crippen molar-refractivity contribution in [3.8, 4) is 11.8 Å². The third-order valence-electron chi connectivity index (χ3n) is 2.36. The highest BCUT2D eigenvalue weighted by Crippen LogP contribution is 2.30. The van der Waals surface area contributed by atoms with Gasteiger partial charge in [0.25, 0.3) is 0 Å². The molecule has 0 aromatic heterocycles. The van der Waals surface area contributed by atoms with Crippen LogP contribution in [0.25, 0.3) is 0 Å². The summed E-state index contributed by atoms with van der Waals surface area (Å²) >= 11 is 0. The maximum Gasteiger partial charge on any atom is 0.416 e. The van der Waals surface area contributed by atoms with Gasteiger partial charge in [0.1, 0.15) is 0 Å². The maximum atomic E-state index is 12.7. The minimum atomic E-state index is -4.64. The lowest BCUT2D eigenvalue weighted by molar-refractivity contribution is -0.137. The van der Waals surface area contributed by atoms with Gasteiger partial charge < -0.3 is 10.4 Å². The van der Waals surface area contributed by atoms with Crippen molar-refractivity contribution in [2.24, 2.45) is 0 Å². The Bertz CT molecular complexity index is 612. The molecule has 1 amide bonds. The van der Waals surface area contributed by atoms with E-state index in [2.05, 4.69) is 17.2 Å². The van der Waals surface area contributed by atoms with Gasteiger partial charge in [-0.25, -0.2) is 4.79 Å². The van der Waals surface area contributed by atoms with Gasteiger partial charge in [-0.3, -0.25) is 4.79 Å². The molecule has 7 heteroatoms. The zero-order chi connectivity index (χ0) is 16.0. The van der Waals surface area contributed by atoms with Crippen LogP contribution in [0.3, 0.4) is 0 Å². The van der Waals surface area contributed by atoms with E-state index in [0.29, 0.717) is 6.07 Å². The van der Waals surface area contributed by atoms with Gasteiger partial charge in [-0.2, -0.15) is 13.2 Å². The van der Waals surface area contributed by atoms with E-state index in [-0.39, 0.29) is 24.4 Å². The number of halogens is 3. The molecule has 0 fully saturated rings. The van der Waals surface area contributed by atoms with Crippen molar-refractivity contribution < 1.29 is 27.9 Å². The number of carboxylic acid groups (broad SMARTS) is 1.